The zero-order valence-corrected chi connectivity index (χ0v) is 87.8. The molecule has 0 aromatic heterocycles. The Balaban J connectivity index is 0.000000154. The Kier molecular flexibility index (Phi) is 23.0. The lowest BCUT2D eigenvalue weighted by Gasteiger charge is -2.53. The van der Waals surface area contributed by atoms with Gasteiger partial charge in [0, 0.05) is 95.5 Å². The topological polar surface area (TPSA) is 28.2 Å². The molecule has 0 bridgehead atoms. The summed E-state index contributed by atoms with van der Waals surface area (Å²) in [5, 5.41) is 10.3. The fourth-order valence-electron chi connectivity index (χ4n) is 23.3. The van der Waals surface area contributed by atoms with Crippen LogP contribution in [-0.4, -0.2) is 56.8 Å². The van der Waals surface area contributed by atoms with Crippen LogP contribution in [-0.2, 0) is 32.5 Å². The van der Waals surface area contributed by atoms with E-state index < -0.39 is 32.3 Å². The first-order valence-electron chi connectivity index (χ1n) is 48.4. The Bertz CT molecular complexity index is 6270. The van der Waals surface area contributed by atoms with Gasteiger partial charge in [-0.1, -0.05) is 374 Å². The number of para-hydroxylation sites is 2. The highest BCUT2D eigenvalue weighted by Crippen LogP contribution is 2.65. The van der Waals surface area contributed by atoms with Gasteiger partial charge in [0.2, 0.25) is 0 Å². The minimum Gasteiger partial charge on any atom is -0.356 e. The quantitative estimate of drug-likeness (QED) is 0.130. The molecule has 2 saturated carbocycles. The van der Waals surface area contributed by atoms with Crippen molar-refractivity contribution in [3.05, 3.63) is 281 Å². The highest BCUT2D eigenvalue weighted by molar-refractivity contribution is 7.01. The molecule has 0 saturated heterocycles. The molecule has 0 spiro atoms. The maximum absolute atomic E-state index is 7.19. The van der Waals surface area contributed by atoms with Crippen molar-refractivity contribution in [2.75, 3.05) is 29.8 Å². The summed E-state index contributed by atoms with van der Waals surface area (Å²) in [6.07, 6.45) is 9.87. The highest BCUT2D eigenvalue weighted by atomic mass is 35.5. The molecule has 4 unspecified atom stereocenters. The van der Waals surface area contributed by atoms with Crippen molar-refractivity contribution in [2.45, 2.75) is 292 Å². The van der Waals surface area contributed by atoms with Gasteiger partial charge in [-0.15, -0.1) is 0 Å². The molecule has 8 aliphatic rings. The van der Waals surface area contributed by atoms with E-state index in [0.29, 0.717) is 0 Å². The Morgan fingerprint density at radius 2 is 0.638 bits per heavy atom. The van der Waals surface area contributed by atoms with Crippen LogP contribution in [0.3, 0.4) is 0 Å². The van der Waals surface area contributed by atoms with Gasteiger partial charge >= 0.3 is 0 Å². The summed E-state index contributed by atoms with van der Waals surface area (Å²) in [7, 11) is -5.46. The van der Waals surface area contributed by atoms with E-state index in [1.165, 1.54) is 207 Å². The summed E-state index contributed by atoms with van der Waals surface area (Å²) in [5.74, 6) is 0. The fraction of sp³-hybridized carbons (Fsp3) is 0.385. The Labute approximate surface area is 792 Å². The monoisotopic (exact) mass is 1800 g/mol. The molecule has 2 aliphatic carbocycles. The first-order valence-corrected chi connectivity index (χ1v) is 62.8. The fourth-order valence-corrected chi connectivity index (χ4v) is 28.2. The molecule has 20 rings (SSSR count). The number of halogens is 1. The molecular formula is C117H145B2ClN6Si4. The van der Waals surface area contributed by atoms with E-state index in [2.05, 4.69) is 462 Å². The van der Waals surface area contributed by atoms with Gasteiger partial charge in [0.15, 0.2) is 0 Å². The van der Waals surface area contributed by atoms with Gasteiger partial charge in [0.25, 0.3) is 13.4 Å². The Hall–Kier alpha value is -9.27. The summed E-state index contributed by atoms with van der Waals surface area (Å²) in [6, 6.07) is 94.6. The van der Waals surface area contributed by atoms with Crippen LogP contribution >= 0.6 is 11.6 Å². The zero-order chi connectivity index (χ0) is 92.2. The van der Waals surface area contributed by atoms with E-state index in [-0.39, 0.29) is 64.4 Å². The summed E-state index contributed by atoms with van der Waals surface area (Å²) >= 11 is 7.19. The van der Waals surface area contributed by atoms with E-state index in [0.717, 1.165) is 16.4 Å². The number of anilines is 15. The van der Waals surface area contributed by atoms with Gasteiger partial charge in [-0.2, -0.15) is 0 Å². The predicted molar refractivity (Wildman–Crippen MR) is 586 cm³/mol. The lowest BCUT2D eigenvalue weighted by atomic mass is 9.33. The van der Waals surface area contributed by atoms with Crippen molar-refractivity contribution >= 4 is 196 Å². The molecule has 130 heavy (non-hydrogen) atoms. The molecule has 4 atom stereocenters. The molecule has 12 aromatic carbocycles. The molecule has 6 heterocycles. The van der Waals surface area contributed by atoms with Crippen molar-refractivity contribution in [3.8, 4) is 0 Å². The van der Waals surface area contributed by atoms with E-state index in [1.54, 1.807) is 5.56 Å². The second-order valence-corrected chi connectivity index (χ2v) is 69.2. The Morgan fingerprint density at radius 3 is 1.00 bits per heavy atom. The van der Waals surface area contributed by atoms with Crippen LogP contribution in [0.25, 0.3) is 0 Å². The van der Waals surface area contributed by atoms with Gasteiger partial charge in [-0.25, -0.2) is 0 Å². The third-order valence-corrected chi connectivity index (χ3v) is 40.0. The molecule has 0 amide bonds. The van der Waals surface area contributed by atoms with E-state index in [9.17, 15) is 0 Å². The SMILES string of the molecule is C.CC(C)(C)c1cccc(N2c3cc(C(C)(C)C)ccc3B3c4cccc5c4N(c4cc(Cl)cc2c43)C2(C)CCCCC52C)c1.CC(C)(C)c1cccc(N2c3cc(C(C)(C)C)ccc3B3c4cccc5c4N(c4cc(N(c6ccc([Si](C)(C)C)cc6)c6ccc([Si](C)(C)C)cc6)cc2c43)C2(C)CCCCC52C)c1.C[Si](C)(C)c1ccc(Nc2ccc([Si](C)(C)C)cc2)cc1. The maximum atomic E-state index is 7.19. The van der Waals surface area contributed by atoms with E-state index in [1.807, 2.05) is 0 Å². The van der Waals surface area contributed by atoms with Crippen LogP contribution in [0.15, 0.2) is 243 Å². The van der Waals surface area contributed by atoms with Crippen LogP contribution in [0.5, 0.6) is 0 Å². The Morgan fingerprint density at radius 1 is 0.323 bits per heavy atom. The largest absolute Gasteiger partial charge is 0.356 e. The number of rotatable bonds is 11. The van der Waals surface area contributed by atoms with Crippen molar-refractivity contribution in [1.29, 1.82) is 0 Å². The van der Waals surface area contributed by atoms with Gasteiger partial charge in [-0.3, -0.25) is 0 Å². The summed E-state index contributed by atoms with van der Waals surface area (Å²) in [4.78, 5) is 13.4. The van der Waals surface area contributed by atoms with Crippen LogP contribution in [0, 0.1) is 0 Å². The first-order chi connectivity index (χ1) is 60.4. The lowest BCUT2D eigenvalue weighted by molar-refractivity contribution is 0.195. The average Bonchev–Trinajstić information content (AvgIpc) is 1.49. The van der Waals surface area contributed by atoms with Gasteiger partial charge in [0.05, 0.1) is 49.1 Å². The molecular weight excluding hydrogens is 1660 g/mol. The minimum atomic E-state index is -1.53. The second-order valence-electron chi connectivity index (χ2n) is 48.4. The molecule has 672 valence electrons. The van der Waals surface area contributed by atoms with Gasteiger partial charge in [0.1, 0.15) is 0 Å². The molecule has 2 fully saturated rings. The first kappa shape index (κ1) is 92.6. The third kappa shape index (κ3) is 15.6. The van der Waals surface area contributed by atoms with Crippen molar-refractivity contribution < 1.29 is 0 Å². The van der Waals surface area contributed by atoms with Crippen LogP contribution in [0.1, 0.15) is 203 Å². The number of nitrogens with one attached hydrogen (secondary N) is 1. The molecule has 1 N–H and O–H groups in total. The normalized spacial score (nSPS) is 19.8. The number of hydrogen-bond donors (Lipinski definition) is 1. The van der Waals surface area contributed by atoms with E-state index >= 15 is 0 Å². The predicted octanol–water partition coefficient (Wildman–Crippen LogP) is 27.6. The van der Waals surface area contributed by atoms with Crippen LogP contribution < -0.4 is 83.3 Å². The van der Waals surface area contributed by atoms with Gasteiger partial charge in [-0.05, 0) is 237 Å². The smallest absolute Gasteiger partial charge is 0.252 e. The highest BCUT2D eigenvalue weighted by Gasteiger charge is 2.64. The van der Waals surface area contributed by atoms with E-state index in [4.69, 9.17) is 11.6 Å². The number of hydrogen-bond acceptors (Lipinski definition) is 6. The van der Waals surface area contributed by atoms with Crippen molar-refractivity contribution in [1.82, 2.24) is 0 Å². The second kappa shape index (κ2) is 32.3. The molecule has 6 aliphatic heterocycles. The third-order valence-electron chi connectivity index (χ3n) is 31.6. The standard InChI is InChI=1S/C58H70BN3Si2.C40H44BClN2.C18H27NSi2.CH4/c1-55(2,3)39-19-17-20-43(35-39)61-50-36-40(56(4,5)6)23-32-48(50)59-49-22-18-21-47-54(49)62(58(8)34-16-15-33-57(47,58)7)52-38-44(37-51(61)53(52)59)60(41-24-28-45(29-25-41)63(9,10)11)42-26-30-46(31-27-42)64(12,13)14;1-37(2,3)25-13-11-14-28(21-25)43-32-22-26(38(4,5)6)17-18-30(32)41-31-16-12-15-29-36(31)44(34-24-27(42)23-33(43)35(34)41)40(8)20-10-9-19-39(29,40)7;1-20(2,3)17-11-7-15(8-12-17)19-16-9-13-18(14-10-16)21(4,5)6;/h17-32,35-38H,15-16,33-34H2,1-14H3;11-18,21-24H,9-10,19-20H2,1-8H3;7-14,19H,1-6H3;1H4. The zero-order valence-electron chi connectivity index (χ0n) is 83.0. The summed E-state index contributed by atoms with van der Waals surface area (Å²) in [6.45, 7) is 67.5. The minimum absolute atomic E-state index is 0. The molecule has 6 nitrogen and oxygen atoms in total. The number of nitrogens with zero attached hydrogens (tertiary/aromatic N) is 5. The lowest BCUT2D eigenvalue weighted by Crippen LogP contribution is -2.64. The van der Waals surface area contributed by atoms with Crippen LogP contribution in [0.2, 0.25) is 83.6 Å². The maximum Gasteiger partial charge on any atom is 0.252 e. The molecule has 13 heteroatoms. The molecule has 12 aromatic rings. The van der Waals surface area contributed by atoms with Crippen molar-refractivity contribution in [3.63, 3.8) is 0 Å². The van der Waals surface area contributed by atoms with Crippen molar-refractivity contribution in [2.24, 2.45) is 0 Å². The number of fused-ring (bicyclic) bond motifs is 14. The van der Waals surface area contributed by atoms with Gasteiger partial charge < -0.3 is 29.8 Å². The number of benzene rings is 12. The summed E-state index contributed by atoms with van der Waals surface area (Å²) in [5.41, 5.74) is 36.1. The average molecular weight is 1800 g/mol. The summed E-state index contributed by atoms with van der Waals surface area (Å²) < 4.78 is 0. The van der Waals surface area contributed by atoms with Crippen LogP contribution in [0.4, 0.5) is 85.3 Å². The molecule has 0 radical (unpaired) electrons.